The van der Waals surface area contributed by atoms with Crippen molar-refractivity contribution in [2.24, 2.45) is 0 Å². The highest BCUT2D eigenvalue weighted by molar-refractivity contribution is 8.03. The van der Waals surface area contributed by atoms with Crippen LogP contribution in [0.1, 0.15) is 28.2 Å². The summed E-state index contributed by atoms with van der Waals surface area (Å²) in [5.74, 6) is 1.17. The molecule has 0 amide bonds. The van der Waals surface area contributed by atoms with Gasteiger partial charge in [-0.2, -0.15) is 0 Å². The lowest BCUT2D eigenvalue weighted by atomic mass is 9.84. The molecule has 1 atom stereocenters. The number of hydrogen-bond acceptors (Lipinski definition) is 3. The Balaban J connectivity index is 1.35. The van der Waals surface area contributed by atoms with Crippen molar-refractivity contribution in [1.82, 2.24) is 0 Å². The summed E-state index contributed by atoms with van der Waals surface area (Å²) in [5.41, 5.74) is 9.45. The second-order valence-electron chi connectivity index (χ2n) is 10.6. The van der Waals surface area contributed by atoms with Crippen molar-refractivity contribution >= 4 is 51.2 Å². The van der Waals surface area contributed by atoms with Crippen LogP contribution in [0.5, 0.6) is 5.75 Å². The summed E-state index contributed by atoms with van der Waals surface area (Å²) in [4.78, 5) is 5.22. The standard InChI is InChI=1S/C38H27NOS/c1-25-11-9-10-20-40-36-19-18-29(23-32(25)36)39(28-14-3-2-4-15-28)35-24-34-33-21-26-12-5-6-13-27(26)22-37(33)41-38(34)31-17-8-7-16-30(31)35/h2-20,22-24,33H,1,21H2/b11-9-,20-10-. The summed E-state index contributed by atoms with van der Waals surface area (Å²) < 4.78 is 5.94. The van der Waals surface area contributed by atoms with Crippen LogP contribution in [0.25, 0.3) is 22.4 Å². The Labute approximate surface area is 244 Å². The maximum Gasteiger partial charge on any atom is 0.134 e. The van der Waals surface area contributed by atoms with Crippen LogP contribution < -0.4 is 9.64 Å². The van der Waals surface area contributed by atoms with Crippen LogP contribution in [0.2, 0.25) is 0 Å². The van der Waals surface area contributed by atoms with Gasteiger partial charge in [0.15, 0.2) is 0 Å². The van der Waals surface area contributed by atoms with E-state index in [1.807, 2.05) is 30.0 Å². The Morgan fingerprint density at radius 1 is 0.780 bits per heavy atom. The largest absolute Gasteiger partial charge is 0.464 e. The molecule has 0 saturated carbocycles. The van der Waals surface area contributed by atoms with Crippen LogP contribution in [-0.4, -0.2) is 0 Å². The van der Waals surface area contributed by atoms with Gasteiger partial charge in [-0.25, -0.2) is 0 Å². The number of allylic oxidation sites excluding steroid dienone is 5. The number of rotatable bonds is 3. The molecule has 0 saturated heterocycles. The summed E-state index contributed by atoms with van der Waals surface area (Å²) in [6.45, 7) is 4.34. The van der Waals surface area contributed by atoms with Gasteiger partial charge in [-0.15, -0.1) is 0 Å². The lowest BCUT2D eigenvalue weighted by Crippen LogP contribution is -2.13. The van der Waals surface area contributed by atoms with Crippen LogP contribution in [0, 0.1) is 0 Å². The van der Waals surface area contributed by atoms with Gasteiger partial charge >= 0.3 is 0 Å². The molecular weight excluding hydrogens is 518 g/mol. The molecule has 2 aliphatic heterocycles. The quantitative estimate of drug-likeness (QED) is 0.224. The van der Waals surface area contributed by atoms with E-state index in [0.717, 1.165) is 34.7 Å². The van der Waals surface area contributed by atoms with Gasteiger partial charge < -0.3 is 9.64 Å². The molecule has 1 unspecified atom stereocenters. The molecule has 5 aromatic carbocycles. The van der Waals surface area contributed by atoms with Crippen molar-refractivity contribution in [2.75, 3.05) is 4.90 Å². The van der Waals surface area contributed by atoms with Crippen LogP contribution in [0.4, 0.5) is 17.1 Å². The fraction of sp³-hybridized carbons (Fsp3) is 0.0526. The smallest absolute Gasteiger partial charge is 0.134 e. The summed E-state index contributed by atoms with van der Waals surface area (Å²) in [6, 6.07) is 37.2. The second kappa shape index (κ2) is 9.72. The zero-order valence-electron chi connectivity index (χ0n) is 22.5. The number of para-hydroxylation sites is 1. The minimum atomic E-state index is 0.367. The van der Waals surface area contributed by atoms with E-state index in [2.05, 4.69) is 121 Å². The Morgan fingerprint density at radius 2 is 1.59 bits per heavy atom. The molecule has 0 bridgehead atoms. The van der Waals surface area contributed by atoms with Gasteiger partial charge in [-0.3, -0.25) is 0 Å². The molecule has 41 heavy (non-hydrogen) atoms. The van der Waals surface area contributed by atoms with Gasteiger partial charge in [0, 0.05) is 33.1 Å². The van der Waals surface area contributed by atoms with E-state index >= 15 is 0 Å². The third-order valence-corrected chi connectivity index (χ3v) is 9.52. The third kappa shape index (κ3) is 4.04. The molecule has 0 spiro atoms. The Morgan fingerprint density at radius 3 is 2.49 bits per heavy atom. The predicted octanol–water partition coefficient (Wildman–Crippen LogP) is 10.6. The fourth-order valence-corrected chi connectivity index (χ4v) is 7.64. The van der Waals surface area contributed by atoms with Crippen molar-refractivity contribution in [1.29, 1.82) is 0 Å². The zero-order chi connectivity index (χ0) is 27.3. The first-order valence-electron chi connectivity index (χ1n) is 14.0. The zero-order valence-corrected chi connectivity index (χ0v) is 23.3. The number of nitrogens with zero attached hydrogens (tertiary/aromatic N) is 1. The van der Waals surface area contributed by atoms with E-state index in [4.69, 9.17) is 4.74 Å². The first kappa shape index (κ1) is 24.1. The summed E-state index contributed by atoms with van der Waals surface area (Å²) >= 11 is 1.95. The third-order valence-electron chi connectivity index (χ3n) is 8.22. The van der Waals surface area contributed by atoms with Gasteiger partial charge in [0.2, 0.25) is 0 Å². The number of hydrogen-bond donors (Lipinski definition) is 0. The molecule has 0 aromatic heterocycles. The van der Waals surface area contributed by atoms with E-state index in [-0.39, 0.29) is 0 Å². The normalized spacial score (nSPS) is 18.1. The molecule has 5 aromatic rings. The Hall–Kier alpha value is -4.73. The van der Waals surface area contributed by atoms with E-state index in [0.29, 0.717) is 5.92 Å². The highest BCUT2D eigenvalue weighted by Crippen LogP contribution is 2.57. The molecule has 3 heteroatoms. The highest BCUT2D eigenvalue weighted by atomic mass is 32.2. The van der Waals surface area contributed by atoms with E-state index in [1.165, 1.54) is 43.0 Å². The highest BCUT2D eigenvalue weighted by Gasteiger charge is 2.34. The maximum atomic E-state index is 5.94. The van der Waals surface area contributed by atoms with Crippen LogP contribution >= 0.6 is 11.8 Å². The molecule has 2 heterocycles. The first-order valence-corrected chi connectivity index (χ1v) is 14.8. The van der Waals surface area contributed by atoms with E-state index in [1.54, 1.807) is 6.26 Å². The molecule has 196 valence electrons. The molecule has 1 aliphatic carbocycles. The van der Waals surface area contributed by atoms with E-state index < -0.39 is 0 Å². The number of benzene rings is 5. The second-order valence-corrected chi connectivity index (χ2v) is 11.7. The average Bonchev–Trinajstić information content (AvgIpc) is 3.37. The Kier molecular flexibility index (Phi) is 5.71. The van der Waals surface area contributed by atoms with Crippen molar-refractivity contribution in [3.05, 3.63) is 161 Å². The number of thioether (sulfide) groups is 1. The monoisotopic (exact) mass is 545 g/mol. The average molecular weight is 546 g/mol. The van der Waals surface area contributed by atoms with Gasteiger partial charge in [-0.05, 0) is 87.5 Å². The number of fused-ring (bicyclic) bond motifs is 7. The van der Waals surface area contributed by atoms with E-state index in [9.17, 15) is 0 Å². The lowest BCUT2D eigenvalue weighted by Gasteiger charge is -2.29. The van der Waals surface area contributed by atoms with Crippen molar-refractivity contribution in [3.63, 3.8) is 0 Å². The maximum absolute atomic E-state index is 5.94. The summed E-state index contributed by atoms with van der Waals surface area (Å²) in [5, 5.41) is 2.54. The molecule has 3 aliphatic rings. The SMILES string of the molecule is C=C1/C=C\C=C/Oc2ccc(N(c3ccccc3)c3cc4c(c5ccccc35)SC3=Cc5ccccc5CC34)cc21. The van der Waals surface area contributed by atoms with Gasteiger partial charge in [-0.1, -0.05) is 97.2 Å². The number of anilines is 3. The van der Waals surface area contributed by atoms with Crippen LogP contribution in [0.3, 0.4) is 0 Å². The molecule has 0 fully saturated rings. The van der Waals surface area contributed by atoms with Gasteiger partial charge in [0.25, 0.3) is 0 Å². The lowest BCUT2D eigenvalue weighted by molar-refractivity contribution is 0.479. The number of ether oxygens (including phenoxy) is 1. The van der Waals surface area contributed by atoms with Crippen LogP contribution in [-0.2, 0) is 6.42 Å². The molecule has 8 rings (SSSR count). The predicted molar refractivity (Wildman–Crippen MR) is 173 cm³/mol. The summed E-state index contributed by atoms with van der Waals surface area (Å²) in [7, 11) is 0. The van der Waals surface area contributed by atoms with Gasteiger partial charge in [0.1, 0.15) is 5.75 Å². The van der Waals surface area contributed by atoms with Crippen LogP contribution in [0.15, 0.2) is 144 Å². The van der Waals surface area contributed by atoms with Crippen molar-refractivity contribution in [3.8, 4) is 5.75 Å². The topological polar surface area (TPSA) is 12.5 Å². The van der Waals surface area contributed by atoms with Crippen molar-refractivity contribution in [2.45, 2.75) is 17.2 Å². The Bertz CT molecular complexity index is 1950. The van der Waals surface area contributed by atoms with Gasteiger partial charge in [0.05, 0.1) is 11.9 Å². The molecule has 2 nitrogen and oxygen atoms in total. The minimum absolute atomic E-state index is 0.367. The summed E-state index contributed by atoms with van der Waals surface area (Å²) in [6.07, 6.45) is 11.0. The minimum Gasteiger partial charge on any atom is -0.464 e. The molecule has 0 N–H and O–H groups in total. The van der Waals surface area contributed by atoms with Crippen molar-refractivity contribution < 1.29 is 4.74 Å². The molecular formula is C38H27NOS. The molecule has 0 radical (unpaired) electrons. The first-order chi connectivity index (χ1) is 20.2. The fourth-order valence-electron chi connectivity index (χ4n) is 6.26.